The van der Waals surface area contributed by atoms with Crippen molar-refractivity contribution in [3.8, 4) is 0 Å². The van der Waals surface area contributed by atoms with Crippen LogP contribution < -0.4 is 0 Å². The first kappa shape index (κ1) is 46.1. The van der Waals surface area contributed by atoms with E-state index in [0.717, 1.165) is 50.9 Å². The summed E-state index contributed by atoms with van der Waals surface area (Å²) in [5, 5.41) is 9.58. The maximum absolute atomic E-state index is 12.2. The summed E-state index contributed by atoms with van der Waals surface area (Å²) in [5.41, 5.74) is 0. The zero-order valence-electron chi connectivity index (χ0n) is 32.8. The number of rotatable bonds is 36. The van der Waals surface area contributed by atoms with E-state index in [1.54, 1.807) is 0 Å². The van der Waals surface area contributed by atoms with E-state index in [-0.39, 0.29) is 31.6 Å². The molecule has 0 amide bonds. The Labute approximate surface area is 308 Å². The molecule has 0 aliphatic carbocycles. The van der Waals surface area contributed by atoms with Gasteiger partial charge in [-0.1, -0.05) is 166 Å². The molecule has 0 aromatic rings. The number of ether oxygens (including phenoxy) is 3. The molecule has 0 aromatic carbocycles. The van der Waals surface area contributed by atoms with Crippen molar-refractivity contribution >= 4 is 11.9 Å². The molecule has 0 spiro atoms. The molecule has 1 aliphatic rings. The van der Waals surface area contributed by atoms with Crippen molar-refractivity contribution in [2.45, 2.75) is 212 Å². The van der Waals surface area contributed by atoms with Crippen LogP contribution in [0.15, 0.2) is 36.5 Å². The van der Waals surface area contributed by atoms with E-state index in [0.29, 0.717) is 25.0 Å². The number of carbonyl (C=O) groups is 2. The summed E-state index contributed by atoms with van der Waals surface area (Å²) < 4.78 is 16.3. The number of epoxide rings is 1. The topological polar surface area (TPSA) is 85.4 Å². The highest BCUT2D eigenvalue weighted by Gasteiger charge is 2.35. The normalized spacial score (nSPS) is 16.7. The van der Waals surface area contributed by atoms with Crippen LogP contribution in [0, 0.1) is 5.92 Å². The van der Waals surface area contributed by atoms with Crippen LogP contribution in [-0.4, -0.2) is 48.6 Å². The van der Waals surface area contributed by atoms with Crippen molar-refractivity contribution in [2.24, 2.45) is 5.92 Å². The Balaban J connectivity index is 1.91. The summed E-state index contributed by atoms with van der Waals surface area (Å²) in [6.07, 6.45) is 43.8. The lowest BCUT2D eigenvalue weighted by atomic mass is 10.0. The lowest BCUT2D eigenvalue weighted by molar-refractivity contribution is -0.161. The zero-order valence-corrected chi connectivity index (χ0v) is 32.8. The average molecular weight is 703 g/mol. The number of hydrogen-bond donors (Lipinski definition) is 1. The summed E-state index contributed by atoms with van der Waals surface area (Å²) in [6.45, 7) is 6.42. The first-order valence-electron chi connectivity index (χ1n) is 21.0. The van der Waals surface area contributed by atoms with Crippen molar-refractivity contribution in [2.75, 3.05) is 13.2 Å². The van der Waals surface area contributed by atoms with E-state index < -0.39 is 6.10 Å². The largest absolute Gasteiger partial charge is 0.462 e. The van der Waals surface area contributed by atoms with Gasteiger partial charge in [0.2, 0.25) is 0 Å². The molecule has 1 fully saturated rings. The maximum Gasteiger partial charge on any atom is 0.306 e. The molecule has 290 valence electrons. The number of aliphatic hydroxyl groups excluding tert-OH is 1. The molecule has 1 heterocycles. The van der Waals surface area contributed by atoms with E-state index in [2.05, 4.69) is 57.2 Å². The van der Waals surface area contributed by atoms with Gasteiger partial charge in [0.1, 0.15) is 6.61 Å². The second-order valence-electron chi connectivity index (χ2n) is 14.9. The van der Waals surface area contributed by atoms with Crippen LogP contribution in [0.5, 0.6) is 0 Å². The number of unbranched alkanes of at least 4 members (excludes halogenated alkanes) is 18. The molecule has 50 heavy (non-hydrogen) atoms. The summed E-state index contributed by atoms with van der Waals surface area (Å²) in [6, 6.07) is 0. The SMILES string of the molecule is CCCCC/C=C\C/C=C\CC1OC1C/C=C\CCCC(=O)O[C@@H](CO)COC(=O)CCCCCCCCCCCCCCCCCC(C)C. The molecule has 0 aromatic heterocycles. The first-order valence-corrected chi connectivity index (χ1v) is 21.0. The van der Waals surface area contributed by atoms with Crippen LogP contribution in [0.1, 0.15) is 194 Å². The fourth-order valence-electron chi connectivity index (χ4n) is 6.18. The Morgan fingerprint density at radius 1 is 0.620 bits per heavy atom. The van der Waals surface area contributed by atoms with Crippen molar-refractivity contribution in [3.05, 3.63) is 36.5 Å². The van der Waals surface area contributed by atoms with E-state index in [4.69, 9.17) is 14.2 Å². The van der Waals surface area contributed by atoms with Gasteiger partial charge in [-0.3, -0.25) is 9.59 Å². The summed E-state index contributed by atoms with van der Waals surface area (Å²) in [5.74, 6) is 0.191. The smallest absolute Gasteiger partial charge is 0.306 e. The molecule has 1 saturated heterocycles. The second kappa shape index (κ2) is 34.2. The maximum atomic E-state index is 12.2. The van der Waals surface area contributed by atoms with Crippen LogP contribution in [0.3, 0.4) is 0 Å². The minimum Gasteiger partial charge on any atom is -0.462 e. The second-order valence-corrected chi connectivity index (χ2v) is 14.9. The molecule has 1 N–H and O–H groups in total. The molecule has 6 heteroatoms. The Bertz CT molecular complexity index is 878. The molecular formula is C44H78O6. The standard InChI is InChI=1S/C44H78O6/c1-4-5-6-7-8-16-20-23-28-33-41-42(50-41)34-29-25-26-31-36-44(47)49-40(37-45)38-48-43(46)35-30-24-21-18-15-13-11-9-10-12-14-17-19-22-27-32-39(2)3/h8,16,23,25,28-29,39-42,45H,4-7,9-15,17-22,24,26-27,30-38H2,1-3H3/b16-8-,28-23-,29-25-/t40-,41?,42?/m0/s1. The van der Waals surface area contributed by atoms with Gasteiger partial charge in [0.05, 0.1) is 18.8 Å². The molecule has 6 nitrogen and oxygen atoms in total. The molecule has 1 rings (SSSR count). The van der Waals surface area contributed by atoms with E-state index in [1.807, 2.05) is 0 Å². The van der Waals surface area contributed by atoms with Gasteiger partial charge in [-0.2, -0.15) is 0 Å². The minimum atomic E-state index is -0.804. The molecular weight excluding hydrogens is 624 g/mol. The highest BCUT2D eigenvalue weighted by atomic mass is 16.6. The van der Waals surface area contributed by atoms with E-state index >= 15 is 0 Å². The molecule has 1 aliphatic heterocycles. The third-order valence-corrected chi connectivity index (χ3v) is 9.52. The third-order valence-electron chi connectivity index (χ3n) is 9.52. The first-order chi connectivity index (χ1) is 24.5. The average Bonchev–Trinajstić information content (AvgIpc) is 3.86. The summed E-state index contributed by atoms with van der Waals surface area (Å²) in [4.78, 5) is 24.3. The lowest BCUT2D eigenvalue weighted by Crippen LogP contribution is -2.28. The Morgan fingerprint density at radius 2 is 1.12 bits per heavy atom. The lowest BCUT2D eigenvalue weighted by Gasteiger charge is -2.15. The van der Waals surface area contributed by atoms with Crippen LogP contribution >= 0.6 is 0 Å². The van der Waals surface area contributed by atoms with Gasteiger partial charge < -0.3 is 19.3 Å². The van der Waals surface area contributed by atoms with Crippen LogP contribution in [0.4, 0.5) is 0 Å². The number of allylic oxidation sites excluding steroid dienone is 4. The van der Waals surface area contributed by atoms with Crippen LogP contribution in [0.25, 0.3) is 0 Å². The van der Waals surface area contributed by atoms with E-state index in [1.165, 1.54) is 109 Å². The fourth-order valence-corrected chi connectivity index (χ4v) is 6.18. The zero-order chi connectivity index (χ0) is 36.3. The minimum absolute atomic E-state index is 0.0905. The van der Waals surface area contributed by atoms with Gasteiger partial charge >= 0.3 is 11.9 Å². The molecule has 3 atom stereocenters. The summed E-state index contributed by atoms with van der Waals surface area (Å²) >= 11 is 0. The number of carbonyl (C=O) groups excluding carboxylic acids is 2. The van der Waals surface area contributed by atoms with Crippen molar-refractivity contribution in [1.82, 2.24) is 0 Å². The van der Waals surface area contributed by atoms with Crippen molar-refractivity contribution in [3.63, 3.8) is 0 Å². The highest BCUT2D eigenvalue weighted by Crippen LogP contribution is 2.29. The molecule has 2 unspecified atom stereocenters. The number of hydrogen-bond acceptors (Lipinski definition) is 6. The molecule has 0 bridgehead atoms. The summed E-state index contributed by atoms with van der Waals surface area (Å²) in [7, 11) is 0. The number of esters is 2. The van der Waals surface area contributed by atoms with Gasteiger partial charge in [-0.15, -0.1) is 0 Å². The van der Waals surface area contributed by atoms with Gasteiger partial charge in [-0.25, -0.2) is 0 Å². The Morgan fingerprint density at radius 3 is 1.70 bits per heavy atom. The van der Waals surface area contributed by atoms with E-state index in [9.17, 15) is 14.7 Å². The Kier molecular flexibility index (Phi) is 31.5. The van der Waals surface area contributed by atoms with Gasteiger partial charge in [0, 0.05) is 12.8 Å². The van der Waals surface area contributed by atoms with Crippen LogP contribution in [-0.2, 0) is 23.8 Å². The number of aliphatic hydroxyl groups is 1. The third kappa shape index (κ3) is 30.9. The van der Waals surface area contributed by atoms with Crippen molar-refractivity contribution < 1.29 is 28.9 Å². The molecule has 0 saturated carbocycles. The highest BCUT2D eigenvalue weighted by molar-refractivity contribution is 5.70. The fraction of sp³-hybridized carbons (Fsp3) is 0.818. The van der Waals surface area contributed by atoms with Crippen molar-refractivity contribution in [1.29, 1.82) is 0 Å². The van der Waals surface area contributed by atoms with Crippen LogP contribution in [0.2, 0.25) is 0 Å². The van der Waals surface area contributed by atoms with Gasteiger partial charge in [0.15, 0.2) is 6.10 Å². The van der Waals surface area contributed by atoms with Gasteiger partial charge in [0.25, 0.3) is 0 Å². The van der Waals surface area contributed by atoms with Gasteiger partial charge in [-0.05, 0) is 57.3 Å². The molecule has 0 radical (unpaired) electrons. The monoisotopic (exact) mass is 703 g/mol. The quantitative estimate of drug-likeness (QED) is 0.0303. The predicted molar refractivity (Wildman–Crippen MR) is 209 cm³/mol. The Hall–Kier alpha value is -1.92. The predicted octanol–water partition coefficient (Wildman–Crippen LogP) is 12.1.